The van der Waals surface area contributed by atoms with Gasteiger partial charge in [-0.1, -0.05) is 23.5 Å². The molecule has 4 N–H and O–H groups in total. The largest absolute Gasteiger partial charge is 0.315 e. The second-order valence-corrected chi connectivity index (χ2v) is 6.83. The summed E-state index contributed by atoms with van der Waals surface area (Å²) >= 11 is 4.91. The molecule has 0 atom stereocenters. The van der Waals surface area contributed by atoms with E-state index in [0.717, 1.165) is 28.0 Å². The second kappa shape index (κ2) is 9.61. The lowest BCUT2D eigenvalue weighted by atomic mass is 10.1. The number of nitrogens with two attached hydrogens (primary N) is 1. The van der Waals surface area contributed by atoms with E-state index in [2.05, 4.69) is 36.6 Å². The summed E-state index contributed by atoms with van der Waals surface area (Å²) in [7, 11) is 0. The highest BCUT2D eigenvalue weighted by Crippen LogP contribution is 2.29. The molecule has 0 unspecified atom stereocenters. The van der Waals surface area contributed by atoms with E-state index >= 15 is 0 Å². The number of hydrazine groups is 1. The molecule has 23 heavy (non-hydrogen) atoms. The molecule has 6 nitrogen and oxygen atoms in total. The van der Waals surface area contributed by atoms with Crippen LogP contribution in [0, 0.1) is 0 Å². The number of benzene rings is 1. The molecule has 1 aromatic carbocycles. The van der Waals surface area contributed by atoms with Crippen LogP contribution in [0.2, 0.25) is 0 Å². The number of aliphatic imine (C=N–C) groups is 1. The fraction of sp³-hybridized carbons (Fsp3) is 0.214. The Hall–Kier alpha value is -1.48. The Kier molecular flexibility index (Phi) is 8.18. The maximum Gasteiger partial charge on any atom is 0.223 e. The molecule has 0 aliphatic heterocycles. The predicted molar refractivity (Wildman–Crippen MR) is 101 cm³/mol. The number of carbonyl (C=O) groups is 1. The number of carbonyl (C=O) groups excluding carboxylic acids is 1. The maximum atomic E-state index is 11.0. The number of nitrogens with zero attached hydrogens (tertiary/aromatic N) is 2. The van der Waals surface area contributed by atoms with Crippen molar-refractivity contribution in [2.75, 3.05) is 5.32 Å². The van der Waals surface area contributed by atoms with Gasteiger partial charge < -0.3 is 10.7 Å². The molecule has 9 heteroatoms. The van der Waals surface area contributed by atoms with E-state index in [9.17, 15) is 4.79 Å². The molecule has 1 heterocycles. The number of amides is 1. The van der Waals surface area contributed by atoms with Crippen LogP contribution in [0.5, 0.6) is 0 Å². The van der Waals surface area contributed by atoms with Crippen LogP contribution in [0.4, 0.5) is 10.8 Å². The zero-order chi connectivity index (χ0) is 15.9. The Morgan fingerprint density at radius 1 is 1.39 bits per heavy atom. The first kappa shape index (κ1) is 19.6. The number of hydrogen-bond acceptors (Lipinski definition) is 5. The quantitative estimate of drug-likeness (QED) is 0.291. The Bertz CT molecular complexity index is 674. The number of aryl methyl sites for hydroxylation is 2. The summed E-state index contributed by atoms with van der Waals surface area (Å²) < 4.78 is 0.950. The van der Waals surface area contributed by atoms with Gasteiger partial charge in [-0.25, -0.2) is 15.8 Å². The molecule has 0 saturated heterocycles. The minimum atomic E-state index is -0.115. The van der Waals surface area contributed by atoms with Crippen molar-refractivity contribution in [2.24, 2.45) is 10.8 Å². The van der Waals surface area contributed by atoms with Gasteiger partial charge in [-0.05, 0) is 46.5 Å². The molecule has 0 bridgehead atoms. The third-order valence-corrected chi connectivity index (χ3v) is 4.55. The van der Waals surface area contributed by atoms with Gasteiger partial charge in [-0.15, -0.1) is 12.4 Å². The van der Waals surface area contributed by atoms with Crippen molar-refractivity contribution in [2.45, 2.75) is 19.8 Å². The summed E-state index contributed by atoms with van der Waals surface area (Å²) in [5.41, 5.74) is 5.35. The van der Waals surface area contributed by atoms with Gasteiger partial charge in [0.25, 0.3) is 0 Å². The highest BCUT2D eigenvalue weighted by molar-refractivity contribution is 9.11. The number of nitrogens with one attached hydrogen (secondary N) is 2. The molecule has 0 saturated carbocycles. The highest BCUT2D eigenvalue weighted by atomic mass is 79.9. The molecule has 2 aromatic rings. The standard InChI is InChI=1S/C14H16BrN5OS.ClH/c1-9(21)19-14-20-12(13(15)22-14)7-4-10-2-5-11(6-3-10)17-8-18-16;/h2-3,5-6,8H,4,7,16H2,1H3,(H,17,18)(H,19,20,21);1H. The molecule has 0 spiro atoms. The molecule has 1 aromatic heterocycles. The van der Waals surface area contributed by atoms with Crippen LogP contribution in [-0.4, -0.2) is 17.2 Å². The summed E-state index contributed by atoms with van der Waals surface area (Å²) in [6.07, 6.45) is 3.09. The first-order valence-electron chi connectivity index (χ1n) is 6.59. The summed E-state index contributed by atoms with van der Waals surface area (Å²) in [6, 6.07) is 7.92. The van der Waals surface area contributed by atoms with E-state index in [1.165, 1.54) is 30.2 Å². The van der Waals surface area contributed by atoms with Crippen molar-refractivity contribution in [3.63, 3.8) is 0 Å². The molecular formula is C14H17BrClN5OS. The van der Waals surface area contributed by atoms with Crippen LogP contribution in [0.15, 0.2) is 33.0 Å². The van der Waals surface area contributed by atoms with Gasteiger partial charge in [0.15, 0.2) is 5.13 Å². The van der Waals surface area contributed by atoms with Crippen molar-refractivity contribution in [3.8, 4) is 0 Å². The predicted octanol–water partition coefficient (Wildman–Crippen LogP) is 3.19. The summed E-state index contributed by atoms with van der Waals surface area (Å²) in [5, 5.41) is 3.32. The van der Waals surface area contributed by atoms with Gasteiger partial charge in [0.05, 0.1) is 15.2 Å². The Morgan fingerprint density at radius 3 is 2.70 bits per heavy atom. The van der Waals surface area contributed by atoms with Gasteiger partial charge in [0, 0.05) is 6.92 Å². The zero-order valence-electron chi connectivity index (χ0n) is 12.4. The SMILES string of the molecule is CC(=O)Nc1nc(CCc2ccc(N=CNN)cc2)c(Br)s1.Cl. The van der Waals surface area contributed by atoms with Crippen LogP contribution in [-0.2, 0) is 17.6 Å². The van der Waals surface area contributed by atoms with Crippen molar-refractivity contribution >= 4 is 62.7 Å². The fourth-order valence-corrected chi connectivity index (χ4v) is 3.35. The molecule has 0 radical (unpaired) electrons. The number of anilines is 1. The number of halogens is 2. The molecular weight excluding hydrogens is 402 g/mol. The van der Waals surface area contributed by atoms with Crippen molar-refractivity contribution in [3.05, 3.63) is 39.3 Å². The molecule has 1 amide bonds. The number of rotatable bonds is 6. The van der Waals surface area contributed by atoms with Crippen molar-refractivity contribution in [1.29, 1.82) is 0 Å². The van der Waals surface area contributed by atoms with Crippen LogP contribution in [0.3, 0.4) is 0 Å². The van der Waals surface area contributed by atoms with Crippen LogP contribution < -0.4 is 16.6 Å². The van der Waals surface area contributed by atoms with Gasteiger partial charge in [-0.2, -0.15) is 0 Å². The highest BCUT2D eigenvalue weighted by Gasteiger charge is 2.10. The number of aromatic nitrogens is 1. The van der Waals surface area contributed by atoms with Crippen molar-refractivity contribution < 1.29 is 4.79 Å². The van der Waals surface area contributed by atoms with E-state index in [1.807, 2.05) is 24.3 Å². The lowest BCUT2D eigenvalue weighted by Crippen LogP contribution is -2.18. The first-order chi connectivity index (χ1) is 10.6. The molecule has 0 aliphatic carbocycles. The Balaban J connectivity index is 0.00000264. The topological polar surface area (TPSA) is 92.4 Å². The lowest BCUT2D eigenvalue weighted by molar-refractivity contribution is -0.114. The van der Waals surface area contributed by atoms with E-state index in [4.69, 9.17) is 5.84 Å². The minimum Gasteiger partial charge on any atom is -0.315 e. The third kappa shape index (κ3) is 6.26. The van der Waals surface area contributed by atoms with Gasteiger partial charge in [0.1, 0.15) is 6.34 Å². The normalized spacial score (nSPS) is 10.4. The molecule has 2 rings (SSSR count). The van der Waals surface area contributed by atoms with E-state index < -0.39 is 0 Å². The number of hydrogen-bond donors (Lipinski definition) is 3. The molecule has 124 valence electrons. The van der Waals surface area contributed by atoms with Gasteiger partial charge in [-0.3, -0.25) is 4.79 Å². The maximum absolute atomic E-state index is 11.0. The lowest BCUT2D eigenvalue weighted by Gasteiger charge is -2.01. The monoisotopic (exact) mass is 417 g/mol. The van der Waals surface area contributed by atoms with Crippen LogP contribution >= 0.6 is 39.7 Å². The minimum absolute atomic E-state index is 0. The molecule has 0 fully saturated rings. The van der Waals surface area contributed by atoms with Crippen molar-refractivity contribution in [1.82, 2.24) is 10.4 Å². The summed E-state index contributed by atoms with van der Waals surface area (Å²) in [6.45, 7) is 1.47. The van der Waals surface area contributed by atoms with Crippen LogP contribution in [0.1, 0.15) is 18.2 Å². The zero-order valence-corrected chi connectivity index (χ0v) is 15.6. The van der Waals surface area contributed by atoms with Crippen LogP contribution in [0.25, 0.3) is 0 Å². The number of thiazole rings is 1. The summed E-state index contributed by atoms with van der Waals surface area (Å²) in [4.78, 5) is 19.6. The fourth-order valence-electron chi connectivity index (χ4n) is 1.81. The van der Waals surface area contributed by atoms with Gasteiger partial charge in [0.2, 0.25) is 5.91 Å². The summed E-state index contributed by atoms with van der Waals surface area (Å²) in [5.74, 6) is 5.01. The Labute approximate surface area is 153 Å². The van der Waals surface area contributed by atoms with E-state index in [0.29, 0.717) is 5.13 Å². The van der Waals surface area contributed by atoms with Gasteiger partial charge >= 0.3 is 0 Å². The smallest absolute Gasteiger partial charge is 0.223 e. The third-order valence-electron chi connectivity index (χ3n) is 2.81. The average Bonchev–Trinajstić information content (AvgIpc) is 2.83. The second-order valence-electron chi connectivity index (χ2n) is 4.51. The first-order valence-corrected chi connectivity index (χ1v) is 8.20. The van der Waals surface area contributed by atoms with E-state index in [-0.39, 0.29) is 18.3 Å². The van der Waals surface area contributed by atoms with E-state index in [1.54, 1.807) is 0 Å². The Morgan fingerprint density at radius 2 is 2.09 bits per heavy atom. The molecule has 0 aliphatic rings. The average molecular weight is 419 g/mol.